The Morgan fingerprint density at radius 3 is 2.62 bits per heavy atom. The van der Waals surface area contributed by atoms with E-state index < -0.39 is 5.60 Å². The average Bonchev–Trinajstić information content (AvgIpc) is 2.75. The lowest BCUT2D eigenvalue weighted by atomic mass is 9.66. The number of halogens is 2. The van der Waals surface area contributed by atoms with Gasteiger partial charge in [-0.2, -0.15) is 0 Å². The molecule has 1 aliphatic carbocycles. The van der Waals surface area contributed by atoms with Gasteiger partial charge in [-0.1, -0.05) is 26.0 Å². The zero-order valence-electron chi connectivity index (χ0n) is 19.9. The van der Waals surface area contributed by atoms with Crippen LogP contribution in [0.1, 0.15) is 49.3 Å². The number of thioether (sulfide) groups is 1. The fraction of sp³-hybridized carbons (Fsp3) is 0.538. The molecule has 3 rings (SSSR count). The van der Waals surface area contributed by atoms with Gasteiger partial charge in [0.25, 0.3) is 0 Å². The van der Waals surface area contributed by atoms with E-state index >= 15 is 0 Å². The Balaban J connectivity index is 0.00000363. The summed E-state index contributed by atoms with van der Waals surface area (Å²) in [6.07, 6.45) is 5.14. The van der Waals surface area contributed by atoms with Gasteiger partial charge in [0.05, 0.1) is 12.7 Å². The molecule has 0 fully saturated rings. The summed E-state index contributed by atoms with van der Waals surface area (Å²) < 4.78 is 19.2. The number of hydrogen-bond acceptors (Lipinski definition) is 4. The van der Waals surface area contributed by atoms with Gasteiger partial charge in [-0.05, 0) is 85.9 Å². The minimum Gasteiger partial charge on any atom is -0.496 e. The first-order valence-corrected chi connectivity index (χ1v) is 12.4. The number of rotatable bonds is 9. The second-order valence-corrected chi connectivity index (χ2v) is 10.0. The molecular formula is C26H37ClFNO2S. The van der Waals surface area contributed by atoms with Crippen molar-refractivity contribution in [2.24, 2.45) is 5.92 Å². The maximum Gasteiger partial charge on any atom is 0.132 e. The Hall–Kier alpha value is -1.27. The molecule has 0 amide bonds. The number of ether oxygens (including phenoxy) is 1. The van der Waals surface area contributed by atoms with Crippen LogP contribution in [0.25, 0.3) is 0 Å². The van der Waals surface area contributed by atoms with Crippen LogP contribution in [0.15, 0.2) is 41.3 Å². The maximum absolute atomic E-state index is 13.7. The Morgan fingerprint density at radius 2 is 1.97 bits per heavy atom. The number of aryl methyl sites for hydroxylation is 1. The van der Waals surface area contributed by atoms with Crippen molar-refractivity contribution in [1.82, 2.24) is 4.90 Å². The van der Waals surface area contributed by atoms with Crippen molar-refractivity contribution in [3.05, 3.63) is 58.9 Å². The van der Waals surface area contributed by atoms with Crippen molar-refractivity contribution in [2.75, 3.05) is 33.5 Å². The van der Waals surface area contributed by atoms with Gasteiger partial charge >= 0.3 is 0 Å². The highest BCUT2D eigenvalue weighted by Gasteiger charge is 2.43. The Labute approximate surface area is 203 Å². The summed E-state index contributed by atoms with van der Waals surface area (Å²) in [6.45, 7) is 6.06. The van der Waals surface area contributed by atoms with Crippen molar-refractivity contribution in [2.45, 2.75) is 55.9 Å². The van der Waals surface area contributed by atoms with E-state index in [0.29, 0.717) is 12.3 Å². The zero-order valence-corrected chi connectivity index (χ0v) is 21.5. The number of methoxy groups -OCH3 is 1. The third-order valence-corrected chi connectivity index (χ3v) is 7.45. The topological polar surface area (TPSA) is 32.7 Å². The van der Waals surface area contributed by atoms with E-state index in [2.05, 4.69) is 50.2 Å². The number of likely N-dealkylation sites (N-methyl/N-ethyl adjacent to an activating group) is 1. The minimum atomic E-state index is -0.753. The molecule has 1 N–H and O–H groups in total. The van der Waals surface area contributed by atoms with Gasteiger partial charge in [-0.25, -0.2) is 4.39 Å². The Morgan fingerprint density at radius 1 is 1.22 bits per heavy atom. The van der Waals surface area contributed by atoms with Gasteiger partial charge < -0.3 is 14.7 Å². The molecule has 0 saturated carbocycles. The molecular weight excluding hydrogens is 445 g/mol. The summed E-state index contributed by atoms with van der Waals surface area (Å²) in [7, 11) is 3.83. The Bertz CT molecular complexity index is 894. The molecule has 0 aliphatic heterocycles. The zero-order chi connectivity index (χ0) is 22.6. The second-order valence-electron chi connectivity index (χ2n) is 9.16. The molecule has 0 unspecified atom stereocenters. The van der Waals surface area contributed by atoms with E-state index in [0.717, 1.165) is 54.1 Å². The molecule has 2 atom stereocenters. The highest BCUT2D eigenvalue weighted by Crippen LogP contribution is 2.45. The first kappa shape index (κ1) is 27.0. The van der Waals surface area contributed by atoms with Crippen LogP contribution in [0.3, 0.4) is 0 Å². The molecule has 1 aliphatic rings. The Kier molecular flexibility index (Phi) is 9.89. The normalized spacial score (nSPS) is 20.2. The van der Waals surface area contributed by atoms with Gasteiger partial charge in [0.1, 0.15) is 11.6 Å². The van der Waals surface area contributed by atoms with E-state index in [-0.39, 0.29) is 24.1 Å². The number of fused-ring (bicyclic) bond motifs is 1. The maximum atomic E-state index is 13.7. The lowest BCUT2D eigenvalue weighted by molar-refractivity contribution is -0.0300. The van der Waals surface area contributed by atoms with Crippen LogP contribution in [0, 0.1) is 11.7 Å². The van der Waals surface area contributed by atoms with Crippen LogP contribution in [0.2, 0.25) is 0 Å². The molecule has 0 bridgehead atoms. The van der Waals surface area contributed by atoms with E-state index in [9.17, 15) is 9.50 Å². The van der Waals surface area contributed by atoms with Crippen LogP contribution in [-0.2, 0) is 12.8 Å². The van der Waals surface area contributed by atoms with E-state index in [1.165, 1.54) is 11.6 Å². The highest BCUT2D eigenvalue weighted by molar-refractivity contribution is 7.98. The fourth-order valence-corrected chi connectivity index (χ4v) is 5.55. The number of benzene rings is 2. The van der Waals surface area contributed by atoms with Crippen LogP contribution >= 0.6 is 24.2 Å². The third-order valence-electron chi connectivity index (χ3n) is 6.67. The molecule has 0 spiro atoms. The molecule has 0 saturated heterocycles. The van der Waals surface area contributed by atoms with E-state index in [1.54, 1.807) is 24.9 Å². The van der Waals surface area contributed by atoms with Crippen molar-refractivity contribution in [1.29, 1.82) is 0 Å². The molecule has 2 aromatic rings. The standard InChI is InChI=1S/C26H36FNO2S.ClH/c1-18(2)25-22-8-7-21(27)17-20(22)10-12-26(25,29)13-15-28(3)14-11-19-6-9-24(31-5)23(16-19)30-4;/h6-9,16-18,25,29H,10-15H2,1-5H3;1H/t25-,26-;/m0./s1. The molecule has 2 aromatic carbocycles. The predicted molar refractivity (Wildman–Crippen MR) is 135 cm³/mol. The van der Waals surface area contributed by atoms with Gasteiger partial charge in [-0.3, -0.25) is 0 Å². The van der Waals surface area contributed by atoms with Gasteiger partial charge in [-0.15, -0.1) is 24.2 Å². The molecule has 32 heavy (non-hydrogen) atoms. The first-order valence-electron chi connectivity index (χ1n) is 11.2. The van der Waals surface area contributed by atoms with Gasteiger partial charge in [0.15, 0.2) is 0 Å². The van der Waals surface area contributed by atoms with Crippen molar-refractivity contribution < 1.29 is 14.2 Å². The number of aliphatic hydroxyl groups is 1. The van der Waals surface area contributed by atoms with E-state index in [4.69, 9.17) is 4.74 Å². The van der Waals surface area contributed by atoms with Crippen molar-refractivity contribution in [3.8, 4) is 5.75 Å². The summed E-state index contributed by atoms with van der Waals surface area (Å²) in [5, 5.41) is 11.6. The van der Waals surface area contributed by atoms with Crippen LogP contribution < -0.4 is 4.74 Å². The smallest absolute Gasteiger partial charge is 0.132 e. The third kappa shape index (κ3) is 6.19. The van der Waals surface area contributed by atoms with Gasteiger partial charge in [0, 0.05) is 23.9 Å². The molecule has 0 heterocycles. The summed E-state index contributed by atoms with van der Waals surface area (Å²) in [5.41, 5.74) is 2.68. The highest BCUT2D eigenvalue weighted by atomic mass is 35.5. The average molecular weight is 482 g/mol. The number of hydrogen-bond donors (Lipinski definition) is 1. The quantitative estimate of drug-likeness (QED) is 0.448. The summed E-state index contributed by atoms with van der Waals surface area (Å²) in [6, 6.07) is 11.5. The second kappa shape index (κ2) is 11.7. The lowest BCUT2D eigenvalue weighted by Gasteiger charge is -2.44. The van der Waals surface area contributed by atoms with Crippen molar-refractivity contribution >= 4 is 24.2 Å². The summed E-state index contributed by atoms with van der Waals surface area (Å²) >= 11 is 1.69. The van der Waals surface area contributed by atoms with Crippen LogP contribution in [0.4, 0.5) is 4.39 Å². The lowest BCUT2D eigenvalue weighted by Crippen LogP contribution is -2.45. The van der Waals surface area contributed by atoms with E-state index in [1.807, 2.05) is 6.07 Å². The molecule has 6 heteroatoms. The number of nitrogens with zero attached hydrogens (tertiary/aromatic N) is 1. The monoisotopic (exact) mass is 481 g/mol. The summed E-state index contributed by atoms with van der Waals surface area (Å²) in [4.78, 5) is 3.45. The van der Waals surface area contributed by atoms with Gasteiger partial charge in [0.2, 0.25) is 0 Å². The van der Waals surface area contributed by atoms with Crippen LogP contribution in [0.5, 0.6) is 5.75 Å². The first-order chi connectivity index (χ1) is 14.8. The predicted octanol–water partition coefficient (Wildman–Crippen LogP) is 5.96. The molecule has 0 radical (unpaired) electrons. The SMILES string of the molecule is COc1cc(CCN(C)CC[C@@]2(O)CCc3cc(F)ccc3[C@@H]2C(C)C)ccc1SC.Cl. The van der Waals surface area contributed by atoms with Crippen molar-refractivity contribution in [3.63, 3.8) is 0 Å². The van der Waals surface area contributed by atoms with Crippen LogP contribution in [-0.4, -0.2) is 49.1 Å². The molecule has 0 aromatic heterocycles. The molecule has 3 nitrogen and oxygen atoms in total. The largest absolute Gasteiger partial charge is 0.496 e. The minimum absolute atomic E-state index is 0. The summed E-state index contributed by atoms with van der Waals surface area (Å²) in [5.74, 6) is 1.07. The fourth-order valence-electron chi connectivity index (χ4n) is 5.00. The molecule has 178 valence electrons.